The largest absolute Gasteiger partial charge is 0.462 e. The number of carbonyl (C=O) groups excluding carboxylic acids is 2. The number of amides is 1. The van der Waals surface area contributed by atoms with Crippen LogP contribution in [-0.4, -0.2) is 35.5 Å². The summed E-state index contributed by atoms with van der Waals surface area (Å²) in [5.74, 6) is -0.0167. The van der Waals surface area contributed by atoms with Crippen molar-refractivity contribution < 1.29 is 14.3 Å². The quantitative estimate of drug-likeness (QED) is 0.672. The number of esters is 1. The van der Waals surface area contributed by atoms with E-state index in [1.807, 2.05) is 18.7 Å². The number of rotatable bonds is 5. The van der Waals surface area contributed by atoms with E-state index in [-0.39, 0.29) is 24.0 Å². The fourth-order valence-electron chi connectivity index (χ4n) is 2.18. The molecule has 1 rings (SSSR count). The maximum Gasteiger partial charge on any atom is 0.302 e. The summed E-state index contributed by atoms with van der Waals surface area (Å²) in [5, 5.41) is 0. The third kappa shape index (κ3) is 3.51. The van der Waals surface area contributed by atoms with Crippen molar-refractivity contribution in [1.29, 1.82) is 0 Å². The minimum Gasteiger partial charge on any atom is -0.462 e. The molecule has 1 aliphatic rings. The number of likely N-dealkylation sites (tertiary alicyclic amines) is 1. The molecule has 1 aliphatic heterocycles. The normalized spacial score (nSPS) is 19.7. The Balaban J connectivity index is 2.44. The highest BCUT2D eigenvalue weighted by atomic mass is 16.5. The van der Waals surface area contributed by atoms with Gasteiger partial charge in [0.25, 0.3) is 0 Å². The lowest BCUT2D eigenvalue weighted by atomic mass is 10.1. The van der Waals surface area contributed by atoms with E-state index in [0.29, 0.717) is 6.42 Å². The van der Waals surface area contributed by atoms with Gasteiger partial charge in [0, 0.05) is 32.4 Å². The van der Waals surface area contributed by atoms with Gasteiger partial charge in [0.1, 0.15) is 6.10 Å². The van der Waals surface area contributed by atoms with Crippen LogP contribution in [0.4, 0.5) is 0 Å². The molecule has 0 aromatic heterocycles. The van der Waals surface area contributed by atoms with E-state index in [9.17, 15) is 9.59 Å². The lowest BCUT2D eigenvalue weighted by molar-refractivity contribution is -0.147. The van der Waals surface area contributed by atoms with Crippen LogP contribution in [-0.2, 0) is 14.3 Å². The van der Waals surface area contributed by atoms with Gasteiger partial charge < -0.3 is 9.64 Å². The molecule has 0 N–H and O–H groups in total. The van der Waals surface area contributed by atoms with Gasteiger partial charge in [0.05, 0.1) is 0 Å². The summed E-state index contributed by atoms with van der Waals surface area (Å²) in [4.78, 5) is 24.3. The van der Waals surface area contributed by atoms with E-state index in [1.165, 1.54) is 6.92 Å². The van der Waals surface area contributed by atoms with E-state index >= 15 is 0 Å². The summed E-state index contributed by atoms with van der Waals surface area (Å²) in [6, 6.07) is 0.166. The van der Waals surface area contributed by atoms with Crippen LogP contribution in [0.1, 0.15) is 46.5 Å². The Labute approximate surface area is 96.9 Å². The molecule has 0 aliphatic carbocycles. The zero-order valence-corrected chi connectivity index (χ0v) is 10.4. The molecule has 2 unspecified atom stereocenters. The highest BCUT2D eigenvalue weighted by molar-refractivity contribution is 5.78. The van der Waals surface area contributed by atoms with Gasteiger partial charge in [0.15, 0.2) is 0 Å². The molecule has 16 heavy (non-hydrogen) atoms. The Bertz CT molecular complexity index is 265. The molecule has 0 aromatic carbocycles. The molecule has 92 valence electrons. The zero-order chi connectivity index (χ0) is 12.1. The molecule has 0 aromatic rings. The highest BCUT2D eigenvalue weighted by Crippen LogP contribution is 2.18. The van der Waals surface area contributed by atoms with Gasteiger partial charge in [-0.15, -0.1) is 0 Å². The Morgan fingerprint density at radius 2 is 2.25 bits per heavy atom. The average Bonchev–Trinajstić information content (AvgIpc) is 2.62. The zero-order valence-electron chi connectivity index (χ0n) is 10.4. The van der Waals surface area contributed by atoms with E-state index in [4.69, 9.17) is 4.74 Å². The lowest BCUT2D eigenvalue weighted by Crippen LogP contribution is -2.37. The molecular weight excluding hydrogens is 206 g/mol. The molecule has 1 saturated heterocycles. The first-order valence-electron chi connectivity index (χ1n) is 6.01. The molecule has 0 bridgehead atoms. The third-order valence-electron chi connectivity index (χ3n) is 3.03. The van der Waals surface area contributed by atoms with Crippen molar-refractivity contribution in [2.24, 2.45) is 0 Å². The van der Waals surface area contributed by atoms with Gasteiger partial charge in [-0.3, -0.25) is 9.59 Å². The lowest BCUT2D eigenvalue weighted by Gasteiger charge is -2.27. The van der Waals surface area contributed by atoms with E-state index in [0.717, 1.165) is 25.8 Å². The molecule has 0 spiro atoms. The van der Waals surface area contributed by atoms with Gasteiger partial charge in [-0.05, 0) is 19.8 Å². The summed E-state index contributed by atoms with van der Waals surface area (Å²) in [6.07, 6.45) is 3.08. The van der Waals surface area contributed by atoms with Crippen molar-refractivity contribution in [1.82, 2.24) is 4.90 Å². The van der Waals surface area contributed by atoms with Crippen LogP contribution in [0.25, 0.3) is 0 Å². The number of carbonyl (C=O) groups is 2. The molecule has 1 heterocycles. The summed E-state index contributed by atoms with van der Waals surface area (Å²) in [6.45, 7) is 6.28. The second-order valence-electron chi connectivity index (χ2n) is 4.42. The predicted molar refractivity (Wildman–Crippen MR) is 60.9 cm³/mol. The standard InChI is InChI=1S/C12H21NO3/c1-4-11(16-10(3)14)8-9(2)13-7-5-6-12(13)15/h9,11H,4-8H2,1-3H3. The number of hydrogen-bond donors (Lipinski definition) is 0. The van der Waals surface area contributed by atoms with Crippen molar-refractivity contribution >= 4 is 11.9 Å². The van der Waals surface area contributed by atoms with Crippen LogP contribution in [0, 0.1) is 0 Å². The minimum atomic E-state index is -0.244. The molecule has 1 fully saturated rings. The van der Waals surface area contributed by atoms with Crippen molar-refractivity contribution in [2.45, 2.75) is 58.6 Å². The molecule has 2 atom stereocenters. The van der Waals surface area contributed by atoms with Crippen molar-refractivity contribution in [3.05, 3.63) is 0 Å². The monoisotopic (exact) mass is 227 g/mol. The smallest absolute Gasteiger partial charge is 0.302 e. The molecule has 4 nitrogen and oxygen atoms in total. The molecule has 0 saturated carbocycles. The fraction of sp³-hybridized carbons (Fsp3) is 0.833. The third-order valence-corrected chi connectivity index (χ3v) is 3.03. The summed E-state index contributed by atoms with van der Waals surface area (Å²) >= 11 is 0. The van der Waals surface area contributed by atoms with Crippen LogP contribution in [0.5, 0.6) is 0 Å². The molecule has 0 radical (unpaired) electrons. The Kier molecular flexibility index (Phi) is 4.77. The van der Waals surface area contributed by atoms with Gasteiger partial charge >= 0.3 is 5.97 Å². The summed E-state index contributed by atoms with van der Waals surface area (Å²) < 4.78 is 5.19. The first-order valence-corrected chi connectivity index (χ1v) is 6.01. The van der Waals surface area contributed by atoms with Crippen LogP contribution in [0.2, 0.25) is 0 Å². The number of ether oxygens (including phenoxy) is 1. The highest BCUT2D eigenvalue weighted by Gasteiger charge is 2.27. The van der Waals surface area contributed by atoms with Gasteiger partial charge in [-0.1, -0.05) is 6.92 Å². The SMILES string of the molecule is CCC(CC(C)N1CCCC1=O)OC(C)=O. The van der Waals surface area contributed by atoms with Gasteiger partial charge in [-0.2, -0.15) is 0 Å². The summed E-state index contributed by atoms with van der Waals surface area (Å²) in [5.41, 5.74) is 0. The minimum absolute atomic E-state index is 0.0686. The first-order chi connectivity index (χ1) is 7.54. The average molecular weight is 227 g/mol. The van der Waals surface area contributed by atoms with Gasteiger partial charge in [-0.25, -0.2) is 0 Å². The maximum atomic E-state index is 11.5. The van der Waals surface area contributed by atoms with Crippen molar-refractivity contribution in [3.8, 4) is 0 Å². The maximum absolute atomic E-state index is 11.5. The second-order valence-corrected chi connectivity index (χ2v) is 4.42. The van der Waals surface area contributed by atoms with E-state index in [2.05, 4.69) is 0 Å². The van der Waals surface area contributed by atoms with Crippen molar-refractivity contribution in [3.63, 3.8) is 0 Å². The molecular formula is C12H21NO3. The van der Waals surface area contributed by atoms with Crippen LogP contribution in [0.3, 0.4) is 0 Å². The Hall–Kier alpha value is -1.06. The first kappa shape index (κ1) is 13.0. The van der Waals surface area contributed by atoms with Crippen LogP contribution < -0.4 is 0 Å². The van der Waals surface area contributed by atoms with Crippen LogP contribution >= 0.6 is 0 Å². The number of nitrogens with zero attached hydrogens (tertiary/aromatic N) is 1. The van der Waals surface area contributed by atoms with Crippen molar-refractivity contribution in [2.75, 3.05) is 6.54 Å². The topological polar surface area (TPSA) is 46.6 Å². The van der Waals surface area contributed by atoms with Gasteiger partial charge in [0.2, 0.25) is 5.91 Å². The Morgan fingerprint density at radius 3 is 2.69 bits per heavy atom. The molecule has 1 amide bonds. The summed E-state index contributed by atoms with van der Waals surface area (Å²) in [7, 11) is 0. The van der Waals surface area contributed by atoms with E-state index in [1.54, 1.807) is 0 Å². The fourth-order valence-corrected chi connectivity index (χ4v) is 2.18. The predicted octanol–water partition coefficient (Wildman–Crippen LogP) is 1.73. The second kappa shape index (κ2) is 5.87. The number of hydrogen-bond acceptors (Lipinski definition) is 3. The molecule has 4 heteroatoms. The van der Waals surface area contributed by atoms with E-state index < -0.39 is 0 Å². The Morgan fingerprint density at radius 1 is 1.56 bits per heavy atom. The van der Waals surface area contributed by atoms with Crippen LogP contribution in [0.15, 0.2) is 0 Å².